The number of hydrogen-bond acceptors (Lipinski definition) is 4. The number of carbonyl (C=O) groups is 2. The number of benzene rings is 1. The number of rotatable bonds is 2. The minimum Gasteiger partial charge on any atom is -0.336 e. The quantitative estimate of drug-likeness (QED) is 0.829. The lowest BCUT2D eigenvalue weighted by Gasteiger charge is -2.41. The van der Waals surface area contributed by atoms with Crippen molar-refractivity contribution in [2.75, 3.05) is 13.1 Å². The highest BCUT2D eigenvalue weighted by Gasteiger charge is 2.42. The van der Waals surface area contributed by atoms with Crippen LogP contribution in [0.15, 0.2) is 29.8 Å². The molecule has 1 aromatic carbocycles. The van der Waals surface area contributed by atoms with E-state index >= 15 is 0 Å². The van der Waals surface area contributed by atoms with Crippen molar-refractivity contribution >= 4 is 23.2 Å². The zero-order valence-corrected chi connectivity index (χ0v) is 14.6. The Labute approximate surface area is 149 Å². The number of hydrogen-bond donors (Lipinski definition) is 0. The number of amides is 2. The van der Waals surface area contributed by atoms with Gasteiger partial charge in [-0.1, -0.05) is 0 Å². The molecule has 0 unspecified atom stereocenters. The van der Waals surface area contributed by atoms with Crippen LogP contribution in [0.5, 0.6) is 0 Å². The molecule has 2 fully saturated rings. The van der Waals surface area contributed by atoms with Gasteiger partial charge in [-0.2, -0.15) is 0 Å². The Morgan fingerprint density at radius 1 is 1.36 bits per heavy atom. The summed E-state index contributed by atoms with van der Waals surface area (Å²) in [4.78, 5) is 33.1. The van der Waals surface area contributed by atoms with Gasteiger partial charge in [0.1, 0.15) is 16.9 Å². The second-order valence-electron chi connectivity index (χ2n) is 6.53. The number of fused-ring (bicyclic) bond motifs is 1. The van der Waals surface area contributed by atoms with Crippen molar-refractivity contribution in [1.82, 2.24) is 14.8 Å². The summed E-state index contributed by atoms with van der Waals surface area (Å²) in [7, 11) is 0. The molecule has 0 spiro atoms. The van der Waals surface area contributed by atoms with Crippen molar-refractivity contribution in [3.8, 4) is 10.6 Å². The normalized spacial score (nSPS) is 23.0. The first kappa shape index (κ1) is 16.2. The first-order valence-electron chi connectivity index (χ1n) is 8.36. The lowest BCUT2D eigenvalue weighted by atomic mass is 10.0. The zero-order valence-electron chi connectivity index (χ0n) is 13.8. The van der Waals surface area contributed by atoms with Gasteiger partial charge in [0.25, 0.3) is 5.91 Å². The summed E-state index contributed by atoms with van der Waals surface area (Å²) in [6, 6.07) is 3.83. The molecular weight excluding hydrogens is 341 g/mol. The molecule has 2 aliphatic heterocycles. The number of carbonyl (C=O) groups excluding carboxylic acids is 2. The maximum Gasteiger partial charge on any atom is 0.254 e. The lowest BCUT2D eigenvalue weighted by molar-refractivity contribution is -0.141. The van der Waals surface area contributed by atoms with Gasteiger partial charge in [0.15, 0.2) is 0 Å². The highest BCUT2D eigenvalue weighted by Crippen LogP contribution is 2.29. The number of thiazole rings is 1. The van der Waals surface area contributed by atoms with Gasteiger partial charge in [-0.05, 0) is 38.0 Å². The van der Waals surface area contributed by atoms with E-state index < -0.39 is 11.9 Å². The van der Waals surface area contributed by atoms with Crippen molar-refractivity contribution in [2.24, 2.45) is 0 Å². The van der Waals surface area contributed by atoms with Gasteiger partial charge < -0.3 is 9.80 Å². The maximum atomic E-state index is 14.1. The van der Waals surface area contributed by atoms with E-state index in [9.17, 15) is 14.0 Å². The minimum atomic E-state index is -0.520. The Balaban J connectivity index is 1.65. The summed E-state index contributed by atoms with van der Waals surface area (Å²) in [5.74, 6) is -0.794. The molecule has 3 heterocycles. The fraction of sp³-hybridized carbons (Fsp3) is 0.389. The molecule has 0 bridgehead atoms. The Hall–Kier alpha value is -2.28. The van der Waals surface area contributed by atoms with Crippen molar-refractivity contribution in [3.63, 3.8) is 0 Å². The van der Waals surface area contributed by atoms with Crippen molar-refractivity contribution in [2.45, 2.75) is 31.8 Å². The third-order valence-electron chi connectivity index (χ3n) is 4.98. The third kappa shape index (κ3) is 2.82. The van der Waals surface area contributed by atoms with Crippen LogP contribution < -0.4 is 0 Å². The molecule has 2 aromatic rings. The molecule has 7 heteroatoms. The van der Waals surface area contributed by atoms with Gasteiger partial charge in [-0.25, -0.2) is 9.37 Å². The SMILES string of the molecule is C[C@@H]1C(=O)N2CCC[C@H]2CN1C(=O)c1cc(F)cc(-c2nccs2)c1. The highest BCUT2D eigenvalue weighted by atomic mass is 32.1. The summed E-state index contributed by atoms with van der Waals surface area (Å²) >= 11 is 1.39. The molecule has 2 atom stereocenters. The fourth-order valence-electron chi connectivity index (χ4n) is 3.70. The van der Waals surface area contributed by atoms with E-state index in [0.29, 0.717) is 17.1 Å². The van der Waals surface area contributed by atoms with Crippen molar-refractivity contribution < 1.29 is 14.0 Å². The predicted molar refractivity (Wildman–Crippen MR) is 92.7 cm³/mol. The van der Waals surface area contributed by atoms with Gasteiger partial charge in [-0.15, -0.1) is 11.3 Å². The van der Waals surface area contributed by atoms with Gasteiger partial charge >= 0.3 is 0 Å². The number of piperazine rings is 1. The van der Waals surface area contributed by atoms with E-state index in [-0.39, 0.29) is 23.4 Å². The second kappa shape index (κ2) is 6.22. The number of halogens is 1. The van der Waals surface area contributed by atoms with Crippen LogP contribution in [0.4, 0.5) is 4.39 Å². The Bertz CT molecular complexity index is 824. The molecule has 2 amide bonds. The topological polar surface area (TPSA) is 53.5 Å². The Kier molecular flexibility index (Phi) is 4.03. The van der Waals surface area contributed by atoms with E-state index in [2.05, 4.69) is 4.98 Å². The van der Waals surface area contributed by atoms with E-state index in [1.54, 1.807) is 24.1 Å². The fourth-order valence-corrected chi connectivity index (χ4v) is 4.33. The van der Waals surface area contributed by atoms with E-state index in [0.717, 1.165) is 19.4 Å². The molecule has 2 aliphatic rings. The summed E-state index contributed by atoms with van der Waals surface area (Å²) in [6.07, 6.45) is 3.53. The van der Waals surface area contributed by atoms with Crippen LogP contribution >= 0.6 is 11.3 Å². The van der Waals surface area contributed by atoms with E-state index in [1.165, 1.54) is 23.5 Å². The van der Waals surface area contributed by atoms with Gasteiger partial charge in [0, 0.05) is 41.8 Å². The third-order valence-corrected chi connectivity index (χ3v) is 5.80. The zero-order chi connectivity index (χ0) is 17.6. The lowest BCUT2D eigenvalue weighted by Crippen LogP contribution is -2.60. The van der Waals surface area contributed by atoms with Crippen LogP contribution in [0.1, 0.15) is 30.1 Å². The average Bonchev–Trinajstić information content (AvgIpc) is 3.28. The summed E-state index contributed by atoms with van der Waals surface area (Å²) < 4.78 is 14.1. The Morgan fingerprint density at radius 2 is 2.20 bits per heavy atom. The van der Waals surface area contributed by atoms with Crippen molar-refractivity contribution in [1.29, 1.82) is 0 Å². The smallest absolute Gasteiger partial charge is 0.254 e. The van der Waals surface area contributed by atoms with Gasteiger partial charge in [-0.3, -0.25) is 9.59 Å². The van der Waals surface area contributed by atoms with E-state index in [4.69, 9.17) is 0 Å². The molecule has 0 aliphatic carbocycles. The van der Waals surface area contributed by atoms with Crippen LogP contribution in [0, 0.1) is 5.82 Å². The predicted octanol–water partition coefficient (Wildman–Crippen LogP) is 2.78. The molecule has 130 valence electrons. The summed E-state index contributed by atoms with van der Waals surface area (Å²) in [6.45, 7) is 3.02. The molecule has 1 aromatic heterocycles. The minimum absolute atomic E-state index is 0.0151. The van der Waals surface area contributed by atoms with Crippen LogP contribution in [0.2, 0.25) is 0 Å². The number of nitrogens with zero attached hydrogens (tertiary/aromatic N) is 3. The van der Waals surface area contributed by atoms with Crippen LogP contribution in [0.25, 0.3) is 10.6 Å². The molecule has 4 rings (SSSR count). The maximum absolute atomic E-state index is 14.1. The number of aromatic nitrogens is 1. The molecule has 0 N–H and O–H groups in total. The van der Waals surface area contributed by atoms with Gasteiger partial charge in [0.05, 0.1) is 0 Å². The standard InChI is InChI=1S/C18H18FN3O2S/c1-11-17(23)21-5-2-3-15(21)10-22(11)18(24)13-7-12(8-14(19)9-13)16-20-4-6-25-16/h4,6-9,11,15H,2-3,5,10H2,1H3/t11-,15+/m1/s1. The first-order chi connectivity index (χ1) is 12.0. The molecular formula is C18H18FN3O2S. The van der Waals surface area contributed by atoms with Gasteiger partial charge in [0.2, 0.25) is 5.91 Å². The summed E-state index contributed by atoms with van der Waals surface area (Å²) in [5, 5.41) is 2.47. The molecule has 0 saturated carbocycles. The van der Waals surface area contributed by atoms with Crippen LogP contribution in [-0.4, -0.2) is 51.8 Å². The highest BCUT2D eigenvalue weighted by molar-refractivity contribution is 7.13. The second-order valence-corrected chi connectivity index (χ2v) is 7.42. The average molecular weight is 359 g/mol. The Morgan fingerprint density at radius 3 is 2.96 bits per heavy atom. The van der Waals surface area contributed by atoms with E-state index in [1.807, 2.05) is 10.3 Å². The van der Waals surface area contributed by atoms with Crippen LogP contribution in [0.3, 0.4) is 0 Å². The van der Waals surface area contributed by atoms with Crippen molar-refractivity contribution in [3.05, 3.63) is 41.2 Å². The molecule has 5 nitrogen and oxygen atoms in total. The monoisotopic (exact) mass is 359 g/mol. The summed E-state index contributed by atoms with van der Waals surface area (Å²) in [5.41, 5.74) is 0.841. The molecule has 25 heavy (non-hydrogen) atoms. The largest absolute Gasteiger partial charge is 0.336 e. The molecule has 0 radical (unpaired) electrons. The van der Waals surface area contributed by atoms with Crippen LogP contribution in [-0.2, 0) is 4.79 Å². The first-order valence-corrected chi connectivity index (χ1v) is 9.24. The molecule has 2 saturated heterocycles.